The second kappa shape index (κ2) is 4.71. The fraction of sp³-hybridized carbons (Fsp3) is 0.500. The first-order chi connectivity index (χ1) is 8.13. The number of aromatic nitrogens is 1. The molecule has 17 heavy (non-hydrogen) atoms. The van der Waals surface area contributed by atoms with Gasteiger partial charge in [0.15, 0.2) is 17.7 Å². The van der Waals surface area contributed by atoms with Crippen molar-refractivity contribution in [3.05, 3.63) is 18.3 Å². The lowest BCUT2D eigenvalue weighted by atomic mass is 9.90. The van der Waals surface area contributed by atoms with Gasteiger partial charge in [0.1, 0.15) is 0 Å². The Morgan fingerprint density at radius 1 is 1.59 bits per heavy atom. The number of amides is 1. The fourth-order valence-corrected chi connectivity index (χ4v) is 1.90. The summed E-state index contributed by atoms with van der Waals surface area (Å²) in [4.78, 5) is 15.9. The van der Waals surface area contributed by atoms with E-state index < -0.39 is 6.10 Å². The summed E-state index contributed by atoms with van der Waals surface area (Å²) in [6, 6.07) is 3.50. The van der Waals surface area contributed by atoms with Gasteiger partial charge in [-0.3, -0.25) is 4.79 Å². The number of carbonyl (C=O) groups excluding carboxylic acids is 1. The van der Waals surface area contributed by atoms with Crippen molar-refractivity contribution in [2.24, 2.45) is 11.8 Å². The number of hydrogen-bond donors (Lipinski definition) is 2. The number of nitrogens with zero attached hydrogens (tertiary/aromatic N) is 1. The highest BCUT2D eigenvalue weighted by Gasteiger charge is 2.36. The minimum atomic E-state index is -0.656. The number of anilines is 1. The zero-order valence-corrected chi connectivity index (χ0v) is 9.88. The van der Waals surface area contributed by atoms with Crippen molar-refractivity contribution in [2.45, 2.75) is 20.0 Å². The predicted molar refractivity (Wildman–Crippen MR) is 62.7 cm³/mol. The van der Waals surface area contributed by atoms with Crippen molar-refractivity contribution < 1.29 is 14.6 Å². The fourth-order valence-electron chi connectivity index (χ4n) is 1.90. The number of hydrogen-bond acceptors (Lipinski definition) is 4. The Morgan fingerprint density at radius 3 is 3.00 bits per heavy atom. The van der Waals surface area contributed by atoms with Crippen LogP contribution in [0.2, 0.25) is 0 Å². The molecular formula is C12H16N2O3. The Morgan fingerprint density at radius 2 is 2.35 bits per heavy atom. The lowest BCUT2D eigenvalue weighted by Crippen LogP contribution is -2.45. The largest absolute Gasteiger partial charge is 0.476 e. The van der Waals surface area contributed by atoms with Gasteiger partial charge in [-0.05, 0) is 18.1 Å². The van der Waals surface area contributed by atoms with Gasteiger partial charge in [-0.2, -0.15) is 0 Å². The monoisotopic (exact) mass is 236 g/mol. The van der Waals surface area contributed by atoms with Crippen LogP contribution in [0.5, 0.6) is 5.75 Å². The van der Waals surface area contributed by atoms with Crippen LogP contribution in [0.15, 0.2) is 18.3 Å². The topological polar surface area (TPSA) is 71.5 Å². The second-order valence-corrected chi connectivity index (χ2v) is 4.47. The van der Waals surface area contributed by atoms with Gasteiger partial charge in [-0.1, -0.05) is 13.8 Å². The van der Waals surface area contributed by atoms with Crippen molar-refractivity contribution in [3.8, 4) is 5.75 Å². The summed E-state index contributed by atoms with van der Waals surface area (Å²) >= 11 is 0. The van der Waals surface area contributed by atoms with Gasteiger partial charge in [0, 0.05) is 12.1 Å². The molecule has 1 aromatic heterocycles. The average Bonchev–Trinajstić information content (AvgIpc) is 2.30. The number of carbonyl (C=O) groups is 1. The quantitative estimate of drug-likeness (QED) is 0.822. The lowest BCUT2D eigenvalue weighted by Gasteiger charge is -2.31. The number of fused-ring (bicyclic) bond motifs is 1. The molecule has 2 N–H and O–H groups in total. The van der Waals surface area contributed by atoms with Crippen LogP contribution in [-0.4, -0.2) is 28.7 Å². The first kappa shape index (κ1) is 11.9. The van der Waals surface area contributed by atoms with Crippen molar-refractivity contribution in [2.75, 3.05) is 11.9 Å². The Labute approximate surface area is 99.8 Å². The highest BCUT2D eigenvalue weighted by Crippen LogP contribution is 2.30. The molecule has 2 unspecified atom stereocenters. The molecular weight excluding hydrogens is 220 g/mol. The van der Waals surface area contributed by atoms with E-state index in [9.17, 15) is 9.90 Å². The summed E-state index contributed by atoms with van der Waals surface area (Å²) in [5.74, 6) is 0.687. The molecule has 0 saturated carbocycles. The molecule has 1 amide bonds. The zero-order valence-electron chi connectivity index (χ0n) is 9.88. The van der Waals surface area contributed by atoms with Gasteiger partial charge in [-0.25, -0.2) is 4.98 Å². The van der Waals surface area contributed by atoms with E-state index in [1.807, 2.05) is 13.8 Å². The Hall–Kier alpha value is -1.62. The van der Waals surface area contributed by atoms with Crippen molar-refractivity contribution in [1.82, 2.24) is 4.98 Å². The number of pyridine rings is 1. The second-order valence-electron chi connectivity index (χ2n) is 4.47. The molecule has 2 atom stereocenters. The summed E-state index contributed by atoms with van der Waals surface area (Å²) in [5, 5.41) is 12.0. The molecule has 1 aliphatic rings. The van der Waals surface area contributed by atoms with Crippen molar-refractivity contribution in [3.63, 3.8) is 0 Å². The standard InChI is InChI=1S/C12H16N2O3/c1-7(2)8(6-15)10-12(16)14-11-9(17-10)4-3-5-13-11/h3-5,7-8,10,15H,6H2,1-2H3,(H,13,14,16). The molecule has 5 heteroatoms. The van der Waals surface area contributed by atoms with Gasteiger partial charge in [0.05, 0.1) is 6.61 Å². The van der Waals surface area contributed by atoms with E-state index in [1.165, 1.54) is 0 Å². The lowest BCUT2D eigenvalue weighted by molar-refractivity contribution is -0.127. The van der Waals surface area contributed by atoms with E-state index in [1.54, 1.807) is 18.3 Å². The third-order valence-electron chi connectivity index (χ3n) is 2.98. The molecule has 2 heterocycles. The SMILES string of the molecule is CC(C)C(CO)C1Oc2cccnc2NC1=O. The van der Waals surface area contributed by atoms with Gasteiger partial charge < -0.3 is 15.2 Å². The summed E-state index contributed by atoms with van der Waals surface area (Å²) in [7, 11) is 0. The minimum absolute atomic E-state index is 0.0780. The van der Waals surface area contributed by atoms with Crippen LogP contribution >= 0.6 is 0 Å². The van der Waals surface area contributed by atoms with Crippen molar-refractivity contribution in [1.29, 1.82) is 0 Å². The molecule has 0 bridgehead atoms. The first-order valence-corrected chi connectivity index (χ1v) is 5.67. The Bertz CT molecular complexity index is 420. The van der Waals surface area contributed by atoms with Crippen LogP contribution in [0.4, 0.5) is 5.82 Å². The number of aliphatic hydroxyl groups is 1. The number of nitrogens with one attached hydrogen (secondary N) is 1. The molecule has 0 saturated heterocycles. The summed E-state index contributed by atoms with van der Waals surface area (Å²) < 4.78 is 5.62. The molecule has 92 valence electrons. The maximum Gasteiger partial charge on any atom is 0.267 e. The van der Waals surface area contributed by atoms with Crippen LogP contribution in [0.3, 0.4) is 0 Å². The predicted octanol–water partition coefficient (Wildman–Crippen LogP) is 1.05. The van der Waals surface area contributed by atoms with Gasteiger partial charge in [0.25, 0.3) is 5.91 Å². The molecule has 2 rings (SSSR count). The number of aliphatic hydroxyl groups excluding tert-OH is 1. The third-order valence-corrected chi connectivity index (χ3v) is 2.98. The summed E-state index contributed by atoms with van der Waals surface area (Å²) in [6.07, 6.45) is 0.936. The highest BCUT2D eigenvalue weighted by atomic mass is 16.5. The normalized spacial score (nSPS) is 20.5. The summed E-state index contributed by atoms with van der Waals surface area (Å²) in [5.41, 5.74) is 0. The van der Waals surface area contributed by atoms with Gasteiger partial charge in [-0.15, -0.1) is 0 Å². The Kier molecular flexibility index (Phi) is 3.28. The van der Waals surface area contributed by atoms with E-state index in [-0.39, 0.29) is 24.3 Å². The van der Waals surface area contributed by atoms with Crippen LogP contribution in [0.25, 0.3) is 0 Å². The molecule has 5 nitrogen and oxygen atoms in total. The molecule has 0 aliphatic carbocycles. The van der Waals surface area contributed by atoms with Crippen LogP contribution in [-0.2, 0) is 4.79 Å². The molecule has 0 fully saturated rings. The van der Waals surface area contributed by atoms with E-state index in [2.05, 4.69) is 10.3 Å². The van der Waals surface area contributed by atoms with Crippen LogP contribution in [0, 0.1) is 11.8 Å². The molecule has 0 spiro atoms. The molecule has 0 radical (unpaired) electrons. The van der Waals surface area contributed by atoms with E-state index in [0.29, 0.717) is 11.6 Å². The highest BCUT2D eigenvalue weighted by molar-refractivity contribution is 5.96. The number of ether oxygens (including phenoxy) is 1. The third kappa shape index (κ3) is 2.24. The molecule has 1 aliphatic heterocycles. The molecule has 0 aromatic carbocycles. The first-order valence-electron chi connectivity index (χ1n) is 5.67. The van der Waals surface area contributed by atoms with Crippen molar-refractivity contribution >= 4 is 11.7 Å². The van der Waals surface area contributed by atoms with E-state index in [4.69, 9.17) is 4.74 Å². The zero-order chi connectivity index (χ0) is 12.4. The maximum atomic E-state index is 11.9. The minimum Gasteiger partial charge on any atom is -0.476 e. The summed E-state index contributed by atoms with van der Waals surface area (Å²) in [6.45, 7) is 3.83. The van der Waals surface area contributed by atoms with Gasteiger partial charge >= 0.3 is 0 Å². The molecule has 1 aromatic rings. The smallest absolute Gasteiger partial charge is 0.267 e. The van der Waals surface area contributed by atoms with Gasteiger partial charge in [0.2, 0.25) is 0 Å². The maximum absolute atomic E-state index is 11.9. The number of rotatable bonds is 3. The van der Waals surface area contributed by atoms with Crippen LogP contribution < -0.4 is 10.1 Å². The van der Waals surface area contributed by atoms with E-state index in [0.717, 1.165) is 0 Å². The van der Waals surface area contributed by atoms with Crippen LogP contribution in [0.1, 0.15) is 13.8 Å². The Balaban J connectivity index is 2.25. The average molecular weight is 236 g/mol. The van der Waals surface area contributed by atoms with E-state index >= 15 is 0 Å².